The number of ether oxygens (including phenoxy) is 2. The number of hydrogen-bond acceptors (Lipinski definition) is 5. The zero-order valence-electron chi connectivity index (χ0n) is 18.6. The van der Waals surface area contributed by atoms with Crippen LogP contribution >= 0.6 is 0 Å². The number of hydrogen-bond donors (Lipinski definition) is 2. The van der Waals surface area contributed by atoms with Crippen LogP contribution in [0.2, 0.25) is 0 Å². The number of aromatic nitrogens is 3. The molecule has 164 valence electrons. The zero-order chi connectivity index (χ0) is 21.3. The molecule has 0 radical (unpaired) electrons. The monoisotopic (exact) mass is 414 g/mol. The van der Waals surface area contributed by atoms with Crippen LogP contribution in [0.4, 0.5) is 0 Å². The van der Waals surface area contributed by atoms with Crippen LogP contribution in [0.15, 0.2) is 23.2 Å². The molecule has 1 aromatic heterocycles. The highest BCUT2D eigenvalue weighted by molar-refractivity contribution is 5.79. The van der Waals surface area contributed by atoms with E-state index in [9.17, 15) is 0 Å². The largest absolute Gasteiger partial charge is 0.493 e. The number of aryl methyl sites for hydroxylation is 2. The van der Waals surface area contributed by atoms with E-state index >= 15 is 0 Å². The van der Waals surface area contributed by atoms with Gasteiger partial charge in [-0.25, -0.2) is 4.99 Å². The van der Waals surface area contributed by atoms with Crippen molar-refractivity contribution in [1.29, 1.82) is 0 Å². The minimum Gasteiger partial charge on any atom is -0.493 e. The quantitative estimate of drug-likeness (QED) is 0.334. The molecule has 2 N–H and O–H groups in total. The second-order valence-corrected chi connectivity index (χ2v) is 7.88. The van der Waals surface area contributed by atoms with Gasteiger partial charge in [-0.1, -0.05) is 12.1 Å². The van der Waals surface area contributed by atoms with Crippen molar-refractivity contribution >= 4 is 5.96 Å². The van der Waals surface area contributed by atoms with Crippen molar-refractivity contribution in [3.63, 3.8) is 0 Å². The lowest BCUT2D eigenvalue weighted by Crippen LogP contribution is -2.38. The van der Waals surface area contributed by atoms with Crippen LogP contribution in [0.5, 0.6) is 5.75 Å². The van der Waals surface area contributed by atoms with Crippen molar-refractivity contribution in [3.8, 4) is 5.75 Å². The van der Waals surface area contributed by atoms with Gasteiger partial charge in [0, 0.05) is 32.9 Å². The molecule has 1 aliphatic carbocycles. The molecule has 0 amide bonds. The van der Waals surface area contributed by atoms with Gasteiger partial charge in [0.25, 0.3) is 0 Å². The van der Waals surface area contributed by atoms with Gasteiger partial charge in [0.15, 0.2) is 11.8 Å². The molecular formula is C22H34N6O2. The van der Waals surface area contributed by atoms with E-state index in [-0.39, 0.29) is 0 Å². The van der Waals surface area contributed by atoms with Gasteiger partial charge in [0.2, 0.25) is 0 Å². The molecule has 30 heavy (non-hydrogen) atoms. The van der Waals surface area contributed by atoms with Gasteiger partial charge in [-0.15, -0.1) is 10.2 Å². The van der Waals surface area contributed by atoms with Crippen molar-refractivity contribution < 1.29 is 9.47 Å². The van der Waals surface area contributed by atoms with E-state index in [0.29, 0.717) is 19.7 Å². The van der Waals surface area contributed by atoms with Gasteiger partial charge >= 0.3 is 0 Å². The van der Waals surface area contributed by atoms with Crippen LogP contribution in [0.1, 0.15) is 42.0 Å². The minimum absolute atomic E-state index is 0.539. The standard InChI is InChI=1S/C22H34N6O2/c1-16-6-9-19(20(12-16)30-15-18-7-8-18)13-24-22(23-10-5-11-29-4)25-14-21-27-26-17(2)28(21)3/h6,9,12,18H,5,7-8,10-11,13-15H2,1-4H3,(H2,23,24,25). The zero-order valence-corrected chi connectivity index (χ0v) is 18.6. The molecule has 1 heterocycles. The van der Waals surface area contributed by atoms with Crippen LogP contribution in [0.3, 0.4) is 0 Å². The maximum atomic E-state index is 6.09. The number of nitrogens with one attached hydrogen (secondary N) is 2. The Labute approximate surface area is 179 Å². The third kappa shape index (κ3) is 6.73. The molecule has 0 atom stereocenters. The normalized spacial score (nSPS) is 14.1. The van der Waals surface area contributed by atoms with Crippen LogP contribution in [-0.2, 0) is 24.9 Å². The van der Waals surface area contributed by atoms with E-state index in [1.807, 2.05) is 18.5 Å². The first-order valence-electron chi connectivity index (χ1n) is 10.6. The fourth-order valence-corrected chi connectivity index (χ4v) is 2.95. The summed E-state index contributed by atoms with van der Waals surface area (Å²) >= 11 is 0. The fraction of sp³-hybridized carbons (Fsp3) is 0.591. The van der Waals surface area contributed by atoms with Crippen molar-refractivity contribution in [3.05, 3.63) is 41.0 Å². The van der Waals surface area contributed by atoms with E-state index in [4.69, 9.17) is 14.5 Å². The molecule has 8 nitrogen and oxygen atoms in total. The van der Waals surface area contributed by atoms with E-state index in [2.05, 4.69) is 46.0 Å². The minimum atomic E-state index is 0.539. The number of benzene rings is 1. The summed E-state index contributed by atoms with van der Waals surface area (Å²) in [5, 5.41) is 15.1. The number of methoxy groups -OCH3 is 1. The summed E-state index contributed by atoms with van der Waals surface area (Å²) in [5.74, 6) is 4.14. The number of nitrogens with zero attached hydrogens (tertiary/aromatic N) is 4. The topological polar surface area (TPSA) is 85.6 Å². The van der Waals surface area contributed by atoms with E-state index < -0.39 is 0 Å². The lowest BCUT2D eigenvalue weighted by molar-refractivity contribution is 0.195. The Balaban J connectivity index is 1.65. The van der Waals surface area contributed by atoms with Gasteiger partial charge in [-0.05, 0) is 50.7 Å². The molecule has 1 aromatic carbocycles. The van der Waals surface area contributed by atoms with E-state index in [1.165, 1.54) is 18.4 Å². The Bertz CT molecular complexity index is 844. The van der Waals surface area contributed by atoms with Gasteiger partial charge < -0.3 is 24.7 Å². The lowest BCUT2D eigenvalue weighted by Gasteiger charge is -2.14. The van der Waals surface area contributed by atoms with Crippen molar-refractivity contribution in [2.24, 2.45) is 18.0 Å². The fourth-order valence-electron chi connectivity index (χ4n) is 2.95. The molecule has 8 heteroatoms. The highest BCUT2D eigenvalue weighted by Crippen LogP contribution is 2.30. The third-order valence-electron chi connectivity index (χ3n) is 5.22. The molecule has 0 bridgehead atoms. The van der Waals surface area contributed by atoms with Crippen LogP contribution in [-0.4, -0.2) is 47.6 Å². The van der Waals surface area contributed by atoms with Crippen LogP contribution in [0.25, 0.3) is 0 Å². The number of guanidine groups is 1. The summed E-state index contributed by atoms with van der Waals surface area (Å²) in [6.07, 6.45) is 3.46. The van der Waals surface area contributed by atoms with Gasteiger partial charge in [-0.2, -0.15) is 0 Å². The molecule has 0 unspecified atom stereocenters. The molecule has 1 aliphatic rings. The van der Waals surface area contributed by atoms with Gasteiger partial charge in [0.1, 0.15) is 11.6 Å². The average Bonchev–Trinajstić information content (AvgIpc) is 3.52. The molecule has 0 aliphatic heterocycles. The Hall–Kier alpha value is -2.61. The van der Waals surface area contributed by atoms with Crippen molar-refractivity contribution in [2.75, 3.05) is 26.9 Å². The van der Waals surface area contributed by atoms with Gasteiger partial charge in [0.05, 0.1) is 19.7 Å². The summed E-state index contributed by atoms with van der Waals surface area (Å²) in [6, 6.07) is 6.32. The molecule has 3 rings (SSSR count). The van der Waals surface area contributed by atoms with E-state index in [0.717, 1.165) is 54.4 Å². The molecule has 0 spiro atoms. The summed E-state index contributed by atoms with van der Waals surface area (Å²) in [5.41, 5.74) is 2.29. The predicted molar refractivity (Wildman–Crippen MR) is 118 cm³/mol. The second-order valence-electron chi connectivity index (χ2n) is 7.88. The molecule has 1 fully saturated rings. The number of aliphatic imine (C=N–C) groups is 1. The Kier molecular flexibility index (Phi) is 8.07. The smallest absolute Gasteiger partial charge is 0.191 e. The SMILES string of the molecule is COCCCNC(=NCc1ccc(C)cc1OCC1CC1)NCc1nnc(C)n1C. The first-order chi connectivity index (χ1) is 14.6. The van der Waals surface area contributed by atoms with Crippen molar-refractivity contribution in [1.82, 2.24) is 25.4 Å². The van der Waals surface area contributed by atoms with Crippen LogP contribution < -0.4 is 15.4 Å². The van der Waals surface area contributed by atoms with Crippen LogP contribution in [0, 0.1) is 19.8 Å². The molecule has 2 aromatic rings. The maximum absolute atomic E-state index is 6.09. The summed E-state index contributed by atoms with van der Waals surface area (Å²) in [6.45, 7) is 7.39. The Morgan fingerprint density at radius 3 is 2.77 bits per heavy atom. The van der Waals surface area contributed by atoms with Gasteiger partial charge in [-0.3, -0.25) is 0 Å². The van der Waals surface area contributed by atoms with Crippen molar-refractivity contribution in [2.45, 2.75) is 46.2 Å². The predicted octanol–water partition coefficient (Wildman–Crippen LogP) is 2.49. The highest BCUT2D eigenvalue weighted by Gasteiger charge is 2.22. The summed E-state index contributed by atoms with van der Waals surface area (Å²) in [4.78, 5) is 4.79. The lowest BCUT2D eigenvalue weighted by atomic mass is 10.1. The first-order valence-corrected chi connectivity index (χ1v) is 10.6. The molecular weight excluding hydrogens is 380 g/mol. The second kappa shape index (κ2) is 11.0. The average molecular weight is 415 g/mol. The Morgan fingerprint density at radius 2 is 2.07 bits per heavy atom. The number of rotatable bonds is 11. The summed E-state index contributed by atoms with van der Waals surface area (Å²) < 4.78 is 13.2. The highest BCUT2D eigenvalue weighted by atomic mass is 16.5. The van der Waals surface area contributed by atoms with E-state index in [1.54, 1.807) is 7.11 Å². The first kappa shape index (κ1) is 22.1. The maximum Gasteiger partial charge on any atom is 0.191 e. The third-order valence-corrected chi connectivity index (χ3v) is 5.22. The summed E-state index contributed by atoms with van der Waals surface area (Å²) in [7, 11) is 3.68. The molecule has 1 saturated carbocycles. The Morgan fingerprint density at radius 1 is 1.23 bits per heavy atom. The molecule has 0 saturated heterocycles.